The SMILES string of the molecule is CC(=O)N1OC[C@@H]2[C@@H](C=O)OC[C@@]21c1cc(Br)ccc1F. The molecule has 2 aliphatic rings. The first kappa shape index (κ1) is 14.6. The fourth-order valence-electron chi connectivity index (χ4n) is 3.15. The summed E-state index contributed by atoms with van der Waals surface area (Å²) < 4.78 is 20.5. The maximum Gasteiger partial charge on any atom is 0.243 e. The van der Waals surface area contributed by atoms with Gasteiger partial charge in [-0.1, -0.05) is 15.9 Å². The standard InChI is InChI=1S/C14H13BrFNO4/c1-8(19)17-14(10-4-9(15)2-3-12(10)16)7-20-13(5-18)11(14)6-21-17/h2-5,11,13H,6-7H2,1H3/t11-,13-,14-/m1/s1. The fourth-order valence-corrected chi connectivity index (χ4v) is 3.51. The molecule has 3 rings (SSSR count). The topological polar surface area (TPSA) is 55.8 Å². The van der Waals surface area contributed by atoms with Gasteiger partial charge >= 0.3 is 0 Å². The highest BCUT2D eigenvalue weighted by Crippen LogP contribution is 2.49. The van der Waals surface area contributed by atoms with Crippen LogP contribution >= 0.6 is 15.9 Å². The van der Waals surface area contributed by atoms with Crippen LogP contribution < -0.4 is 0 Å². The molecule has 0 aliphatic carbocycles. The maximum absolute atomic E-state index is 14.4. The van der Waals surface area contributed by atoms with Crippen molar-refractivity contribution in [2.24, 2.45) is 5.92 Å². The summed E-state index contributed by atoms with van der Waals surface area (Å²) in [6.45, 7) is 1.50. The van der Waals surface area contributed by atoms with Crippen molar-refractivity contribution in [3.63, 3.8) is 0 Å². The van der Waals surface area contributed by atoms with Gasteiger partial charge in [0.15, 0.2) is 0 Å². The van der Waals surface area contributed by atoms with Crippen LogP contribution in [0.1, 0.15) is 12.5 Å². The molecule has 0 radical (unpaired) electrons. The highest BCUT2D eigenvalue weighted by atomic mass is 79.9. The minimum absolute atomic E-state index is 0.0219. The highest BCUT2D eigenvalue weighted by molar-refractivity contribution is 9.10. The van der Waals surface area contributed by atoms with Gasteiger partial charge in [0.05, 0.1) is 19.1 Å². The van der Waals surface area contributed by atoms with E-state index in [1.807, 2.05) is 0 Å². The van der Waals surface area contributed by atoms with E-state index in [0.29, 0.717) is 16.3 Å². The molecule has 1 amide bonds. The van der Waals surface area contributed by atoms with E-state index in [1.165, 1.54) is 13.0 Å². The first-order valence-corrected chi connectivity index (χ1v) is 7.26. The molecular formula is C14H13BrFNO4. The largest absolute Gasteiger partial charge is 0.367 e. The first-order valence-electron chi connectivity index (χ1n) is 6.47. The summed E-state index contributed by atoms with van der Waals surface area (Å²) >= 11 is 3.30. The summed E-state index contributed by atoms with van der Waals surface area (Å²) in [6, 6.07) is 4.49. The Morgan fingerprint density at radius 1 is 1.57 bits per heavy atom. The van der Waals surface area contributed by atoms with Crippen LogP contribution in [0.25, 0.3) is 0 Å². The van der Waals surface area contributed by atoms with E-state index in [-0.39, 0.29) is 19.1 Å². The third-order valence-corrected chi connectivity index (χ3v) is 4.56. The van der Waals surface area contributed by atoms with Crippen LogP contribution in [0.3, 0.4) is 0 Å². The molecule has 0 unspecified atom stereocenters. The Morgan fingerprint density at radius 2 is 2.33 bits per heavy atom. The molecule has 7 heteroatoms. The van der Waals surface area contributed by atoms with Crippen molar-refractivity contribution in [2.75, 3.05) is 13.2 Å². The summed E-state index contributed by atoms with van der Waals surface area (Å²) in [5.41, 5.74) is -0.815. The monoisotopic (exact) mass is 357 g/mol. The van der Waals surface area contributed by atoms with Gasteiger partial charge in [0.2, 0.25) is 5.91 Å². The second-order valence-corrected chi connectivity index (χ2v) is 6.09. The lowest BCUT2D eigenvalue weighted by molar-refractivity contribution is -0.193. The number of ether oxygens (including phenoxy) is 1. The van der Waals surface area contributed by atoms with Gasteiger partial charge in [-0.15, -0.1) is 0 Å². The van der Waals surface area contributed by atoms with Gasteiger partial charge in [0.1, 0.15) is 23.7 Å². The zero-order valence-corrected chi connectivity index (χ0v) is 12.8. The number of halogens is 2. The summed E-state index contributed by atoms with van der Waals surface area (Å²) in [5, 5.41) is 1.14. The molecule has 3 atom stereocenters. The normalized spacial score (nSPS) is 31.3. The molecule has 1 aromatic carbocycles. The molecule has 2 aliphatic heterocycles. The van der Waals surface area contributed by atoms with E-state index in [9.17, 15) is 14.0 Å². The van der Waals surface area contributed by atoms with Crippen molar-refractivity contribution in [1.82, 2.24) is 5.06 Å². The van der Waals surface area contributed by atoms with Gasteiger partial charge in [-0.3, -0.25) is 9.63 Å². The maximum atomic E-state index is 14.4. The minimum atomic E-state index is -1.11. The van der Waals surface area contributed by atoms with Gasteiger partial charge in [-0.2, -0.15) is 0 Å². The van der Waals surface area contributed by atoms with Crippen molar-refractivity contribution < 1.29 is 23.6 Å². The molecule has 0 N–H and O–H groups in total. The predicted molar refractivity (Wildman–Crippen MR) is 73.5 cm³/mol. The van der Waals surface area contributed by atoms with Crippen LogP contribution in [-0.2, 0) is 24.7 Å². The van der Waals surface area contributed by atoms with E-state index in [4.69, 9.17) is 9.57 Å². The van der Waals surface area contributed by atoms with Crippen LogP contribution in [-0.4, -0.2) is 36.6 Å². The van der Waals surface area contributed by atoms with E-state index in [0.717, 1.165) is 5.06 Å². The molecule has 0 aromatic heterocycles. The van der Waals surface area contributed by atoms with E-state index in [2.05, 4.69) is 15.9 Å². The molecule has 0 saturated carbocycles. The number of fused-ring (bicyclic) bond motifs is 1. The van der Waals surface area contributed by atoms with Crippen molar-refractivity contribution >= 4 is 28.1 Å². The van der Waals surface area contributed by atoms with Crippen LogP contribution in [0.5, 0.6) is 0 Å². The van der Waals surface area contributed by atoms with E-state index >= 15 is 0 Å². The average Bonchev–Trinajstić information content (AvgIpc) is 2.98. The van der Waals surface area contributed by atoms with Gasteiger partial charge in [0.25, 0.3) is 0 Å². The zero-order chi connectivity index (χ0) is 15.2. The molecular weight excluding hydrogens is 345 g/mol. The Morgan fingerprint density at radius 3 is 3.00 bits per heavy atom. The Hall–Kier alpha value is -1.31. The molecule has 2 fully saturated rings. The lowest BCUT2D eigenvalue weighted by atomic mass is 9.78. The number of hydroxylamine groups is 2. The Labute approximate surface area is 129 Å². The van der Waals surface area contributed by atoms with E-state index < -0.39 is 23.4 Å². The summed E-state index contributed by atoms with van der Waals surface area (Å²) in [6.07, 6.45) is -0.0392. The number of hydrogen-bond donors (Lipinski definition) is 0. The van der Waals surface area contributed by atoms with Gasteiger partial charge in [0, 0.05) is 17.0 Å². The number of benzene rings is 1. The van der Waals surface area contributed by atoms with Crippen molar-refractivity contribution in [3.8, 4) is 0 Å². The molecule has 5 nitrogen and oxygen atoms in total. The Balaban J connectivity index is 2.18. The number of aldehydes is 1. The van der Waals surface area contributed by atoms with Crippen molar-refractivity contribution in [1.29, 1.82) is 0 Å². The van der Waals surface area contributed by atoms with E-state index in [1.54, 1.807) is 12.1 Å². The zero-order valence-electron chi connectivity index (χ0n) is 11.2. The number of hydrogen-bond acceptors (Lipinski definition) is 4. The summed E-state index contributed by atoms with van der Waals surface area (Å²) in [5.74, 6) is -1.25. The number of carbonyl (C=O) groups is 2. The second-order valence-electron chi connectivity index (χ2n) is 5.18. The third-order valence-electron chi connectivity index (χ3n) is 4.07. The van der Waals surface area contributed by atoms with Crippen LogP contribution in [0, 0.1) is 11.7 Å². The predicted octanol–water partition coefficient (Wildman–Crippen LogP) is 1.79. The second kappa shape index (κ2) is 5.15. The van der Waals surface area contributed by atoms with Crippen LogP contribution in [0.15, 0.2) is 22.7 Å². The lowest BCUT2D eigenvalue weighted by Gasteiger charge is -2.34. The highest BCUT2D eigenvalue weighted by Gasteiger charge is 2.61. The van der Waals surface area contributed by atoms with Gasteiger partial charge in [-0.05, 0) is 18.2 Å². The minimum Gasteiger partial charge on any atom is -0.367 e. The van der Waals surface area contributed by atoms with Gasteiger partial charge < -0.3 is 9.53 Å². The number of nitrogens with zero attached hydrogens (tertiary/aromatic N) is 1. The van der Waals surface area contributed by atoms with Crippen LogP contribution in [0.2, 0.25) is 0 Å². The fraction of sp³-hybridized carbons (Fsp3) is 0.429. The smallest absolute Gasteiger partial charge is 0.243 e. The molecule has 2 saturated heterocycles. The third kappa shape index (κ3) is 2.03. The number of amides is 1. The molecule has 2 heterocycles. The summed E-state index contributed by atoms with van der Waals surface area (Å²) in [7, 11) is 0. The molecule has 1 aromatic rings. The number of rotatable bonds is 2. The van der Waals surface area contributed by atoms with Crippen molar-refractivity contribution in [3.05, 3.63) is 34.1 Å². The molecule has 112 valence electrons. The Bertz CT molecular complexity index is 611. The lowest BCUT2D eigenvalue weighted by Crippen LogP contribution is -2.48. The van der Waals surface area contributed by atoms with Crippen LogP contribution in [0.4, 0.5) is 4.39 Å². The summed E-state index contributed by atoms with van der Waals surface area (Å²) in [4.78, 5) is 28.5. The molecule has 0 spiro atoms. The molecule has 21 heavy (non-hydrogen) atoms. The van der Waals surface area contributed by atoms with Gasteiger partial charge in [-0.25, -0.2) is 9.45 Å². The Kier molecular flexibility index (Phi) is 3.59. The average molecular weight is 358 g/mol. The molecule has 0 bridgehead atoms. The van der Waals surface area contributed by atoms with Crippen molar-refractivity contribution in [2.45, 2.75) is 18.6 Å². The quantitative estimate of drug-likeness (QED) is 0.757. The first-order chi connectivity index (χ1) is 10.0. The number of carbonyl (C=O) groups excluding carboxylic acids is 2.